The number of thiophene rings is 1. The first-order valence-electron chi connectivity index (χ1n) is 9.86. The Bertz CT molecular complexity index is 1190. The molecule has 8 heteroatoms. The van der Waals surface area contributed by atoms with Crippen LogP contribution in [0.1, 0.15) is 28.0 Å². The Morgan fingerprint density at radius 1 is 1.30 bits per heavy atom. The van der Waals surface area contributed by atoms with Crippen molar-refractivity contribution in [2.24, 2.45) is 7.05 Å². The number of carbonyl (C=O) groups excluding carboxylic acids is 1. The lowest BCUT2D eigenvalue weighted by atomic mass is 10.0. The monoisotopic (exact) mass is 419 g/mol. The number of rotatable bonds is 5. The third-order valence-electron chi connectivity index (χ3n) is 5.18. The Kier molecular flexibility index (Phi) is 5.02. The van der Waals surface area contributed by atoms with Gasteiger partial charge in [-0.3, -0.25) is 14.5 Å². The predicted octanol–water partition coefficient (Wildman–Crippen LogP) is 3.20. The van der Waals surface area contributed by atoms with Crippen molar-refractivity contribution < 1.29 is 9.53 Å². The van der Waals surface area contributed by atoms with Crippen LogP contribution in [0.3, 0.4) is 0 Å². The number of hydrogen-bond donors (Lipinski definition) is 1. The highest BCUT2D eigenvalue weighted by atomic mass is 32.1. The van der Waals surface area contributed by atoms with E-state index in [9.17, 15) is 4.79 Å². The second kappa shape index (κ2) is 7.97. The van der Waals surface area contributed by atoms with Crippen molar-refractivity contribution in [1.82, 2.24) is 25.1 Å². The summed E-state index contributed by atoms with van der Waals surface area (Å²) < 4.78 is 8.22. The zero-order valence-electron chi connectivity index (χ0n) is 16.5. The number of nitrogens with one attached hydrogen (secondary N) is 1. The largest absolute Gasteiger partial charge is 0.379 e. The van der Waals surface area contributed by atoms with Crippen LogP contribution >= 0.6 is 11.3 Å². The first-order valence-corrected chi connectivity index (χ1v) is 10.7. The number of nitrogens with zero attached hydrogens (tertiary/aromatic N) is 4. The van der Waals surface area contributed by atoms with Crippen molar-refractivity contribution >= 4 is 27.5 Å². The molecule has 1 atom stereocenters. The first kappa shape index (κ1) is 18.9. The lowest BCUT2D eigenvalue weighted by Gasteiger charge is -2.11. The molecule has 1 fully saturated rings. The molecule has 0 saturated carbocycles. The molecule has 4 aromatic rings. The van der Waals surface area contributed by atoms with E-state index in [2.05, 4.69) is 26.4 Å². The molecule has 5 rings (SSSR count). The van der Waals surface area contributed by atoms with Gasteiger partial charge in [0.2, 0.25) is 0 Å². The summed E-state index contributed by atoms with van der Waals surface area (Å²) in [5, 5.41) is 9.43. The molecule has 0 aliphatic carbocycles. The Balaban J connectivity index is 1.40. The van der Waals surface area contributed by atoms with Crippen molar-refractivity contribution in [2.75, 3.05) is 13.2 Å². The number of pyridine rings is 2. The van der Waals surface area contributed by atoms with E-state index < -0.39 is 0 Å². The number of aromatic nitrogens is 4. The molecule has 1 N–H and O–H groups in total. The van der Waals surface area contributed by atoms with Crippen molar-refractivity contribution in [2.45, 2.75) is 18.9 Å². The van der Waals surface area contributed by atoms with E-state index in [0.717, 1.165) is 39.2 Å². The highest BCUT2D eigenvalue weighted by molar-refractivity contribution is 7.17. The number of aryl methyl sites for hydroxylation is 1. The average Bonchev–Trinajstić information content (AvgIpc) is 3.50. The van der Waals surface area contributed by atoms with Gasteiger partial charge in [-0.1, -0.05) is 6.07 Å². The molecule has 0 unspecified atom stereocenters. The van der Waals surface area contributed by atoms with Gasteiger partial charge in [-0.2, -0.15) is 5.10 Å². The van der Waals surface area contributed by atoms with Gasteiger partial charge >= 0.3 is 0 Å². The molecule has 5 heterocycles. The summed E-state index contributed by atoms with van der Waals surface area (Å²) in [6, 6.07) is 9.91. The minimum absolute atomic E-state index is 0.0595. The lowest BCUT2D eigenvalue weighted by Crippen LogP contribution is -2.35. The SMILES string of the molecule is Cn1ccc(-c2ccc(Cc3cc(C(=O)N[C@H]4CCOC4)nc4ccsc34)cn2)n1. The number of ether oxygens (including phenoxy) is 1. The number of hydrogen-bond acceptors (Lipinski definition) is 6. The maximum absolute atomic E-state index is 12.7. The van der Waals surface area contributed by atoms with Crippen LogP contribution in [0.5, 0.6) is 0 Å². The lowest BCUT2D eigenvalue weighted by molar-refractivity contribution is 0.0925. The second-order valence-corrected chi connectivity index (χ2v) is 8.35. The summed E-state index contributed by atoms with van der Waals surface area (Å²) in [5.41, 5.74) is 5.14. The molecule has 30 heavy (non-hydrogen) atoms. The smallest absolute Gasteiger partial charge is 0.270 e. The minimum atomic E-state index is -0.150. The maximum atomic E-state index is 12.7. The van der Waals surface area contributed by atoms with Gasteiger partial charge in [0.1, 0.15) is 11.4 Å². The number of fused-ring (bicyclic) bond motifs is 1. The molecule has 0 bridgehead atoms. The maximum Gasteiger partial charge on any atom is 0.270 e. The topological polar surface area (TPSA) is 81.9 Å². The normalized spacial score (nSPS) is 16.2. The average molecular weight is 420 g/mol. The standard InChI is InChI=1S/C22H21N5O2S/c1-27-7-4-18(26-27)17-3-2-14(12-23-17)10-15-11-20(25-19-6-9-30-21(15)19)22(28)24-16-5-8-29-13-16/h2-4,6-7,9,11-12,16H,5,8,10,13H2,1H3,(H,24,28)/t16-/m0/s1. The van der Waals surface area contributed by atoms with Gasteiger partial charge in [0.15, 0.2) is 0 Å². The fourth-order valence-electron chi connectivity index (χ4n) is 3.63. The molecular formula is C22H21N5O2S. The highest BCUT2D eigenvalue weighted by Gasteiger charge is 2.20. The zero-order chi connectivity index (χ0) is 20.5. The fraction of sp³-hybridized carbons (Fsp3) is 0.273. The first-order chi connectivity index (χ1) is 14.7. The summed E-state index contributed by atoms with van der Waals surface area (Å²) in [6.45, 7) is 1.25. The predicted molar refractivity (Wildman–Crippen MR) is 116 cm³/mol. The Morgan fingerprint density at radius 3 is 2.97 bits per heavy atom. The van der Waals surface area contributed by atoms with Crippen LogP contribution in [0.4, 0.5) is 0 Å². The zero-order valence-corrected chi connectivity index (χ0v) is 17.4. The Labute approximate surface area is 177 Å². The number of amides is 1. The Hall–Kier alpha value is -3.10. The summed E-state index contributed by atoms with van der Waals surface area (Å²) in [5.74, 6) is -0.150. The van der Waals surface area contributed by atoms with Crippen LogP contribution in [0, 0.1) is 0 Å². The van der Waals surface area contributed by atoms with Crippen LogP contribution in [-0.4, -0.2) is 44.9 Å². The summed E-state index contributed by atoms with van der Waals surface area (Å²) >= 11 is 1.64. The van der Waals surface area contributed by atoms with E-state index in [1.807, 2.05) is 49.1 Å². The van der Waals surface area contributed by atoms with Gasteiger partial charge in [-0.25, -0.2) is 4.98 Å². The van der Waals surface area contributed by atoms with Crippen LogP contribution in [-0.2, 0) is 18.2 Å². The molecule has 1 saturated heterocycles. The van der Waals surface area contributed by atoms with Gasteiger partial charge in [0.25, 0.3) is 5.91 Å². The van der Waals surface area contributed by atoms with E-state index in [1.54, 1.807) is 16.0 Å². The van der Waals surface area contributed by atoms with E-state index >= 15 is 0 Å². The van der Waals surface area contributed by atoms with Crippen molar-refractivity contribution in [3.63, 3.8) is 0 Å². The van der Waals surface area contributed by atoms with Gasteiger partial charge in [-0.15, -0.1) is 11.3 Å². The van der Waals surface area contributed by atoms with Crippen molar-refractivity contribution in [1.29, 1.82) is 0 Å². The van der Waals surface area contributed by atoms with Crippen molar-refractivity contribution in [3.05, 3.63) is 64.9 Å². The third-order valence-corrected chi connectivity index (χ3v) is 6.16. The fourth-order valence-corrected chi connectivity index (χ4v) is 4.48. The third kappa shape index (κ3) is 3.83. The van der Waals surface area contributed by atoms with Crippen LogP contribution < -0.4 is 5.32 Å². The van der Waals surface area contributed by atoms with E-state index in [1.165, 1.54) is 0 Å². The molecule has 0 spiro atoms. The second-order valence-electron chi connectivity index (χ2n) is 7.44. The summed E-state index contributed by atoms with van der Waals surface area (Å²) in [4.78, 5) is 21.9. The quantitative estimate of drug-likeness (QED) is 0.537. The molecule has 1 amide bonds. The summed E-state index contributed by atoms with van der Waals surface area (Å²) in [6.07, 6.45) is 5.30. The highest BCUT2D eigenvalue weighted by Crippen LogP contribution is 2.27. The molecular weight excluding hydrogens is 398 g/mol. The van der Waals surface area contributed by atoms with Gasteiger partial charge < -0.3 is 10.1 Å². The van der Waals surface area contributed by atoms with Crippen molar-refractivity contribution in [3.8, 4) is 11.4 Å². The number of carbonyl (C=O) groups is 1. The van der Waals surface area contributed by atoms with E-state index in [0.29, 0.717) is 25.3 Å². The van der Waals surface area contributed by atoms with Gasteiger partial charge in [0, 0.05) is 32.5 Å². The minimum Gasteiger partial charge on any atom is -0.379 e. The molecule has 0 radical (unpaired) electrons. The van der Waals surface area contributed by atoms with Crippen LogP contribution in [0.15, 0.2) is 48.1 Å². The molecule has 152 valence electrons. The molecule has 1 aliphatic heterocycles. The van der Waals surface area contributed by atoms with E-state index in [4.69, 9.17) is 4.74 Å². The van der Waals surface area contributed by atoms with E-state index in [-0.39, 0.29) is 11.9 Å². The Morgan fingerprint density at radius 2 is 2.23 bits per heavy atom. The van der Waals surface area contributed by atoms with Crippen LogP contribution in [0.25, 0.3) is 21.6 Å². The molecule has 7 nitrogen and oxygen atoms in total. The molecule has 1 aliphatic rings. The summed E-state index contributed by atoms with van der Waals surface area (Å²) in [7, 11) is 1.89. The van der Waals surface area contributed by atoms with Gasteiger partial charge in [-0.05, 0) is 47.2 Å². The van der Waals surface area contributed by atoms with Crippen LogP contribution in [0.2, 0.25) is 0 Å². The molecule has 4 aromatic heterocycles. The molecule has 0 aromatic carbocycles. The van der Waals surface area contributed by atoms with Gasteiger partial charge in [0.05, 0.1) is 28.6 Å².